The molecule has 0 bridgehead atoms. The monoisotopic (exact) mass is 318 g/mol. The zero-order valence-electron chi connectivity index (χ0n) is 14.9. The number of hydrogen-bond acceptors (Lipinski definition) is 3. The lowest BCUT2D eigenvalue weighted by molar-refractivity contribution is -0.219. The van der Waals surface area contributed by atoms with Crippen molar-refractivity contribution in [2.45, 2.75) is 78.4 Å². The lowest BCUT2D eigenvalue weighted by atomic mass is 9.41. The van der Waals surface area contributed by atoms with Gasteiger partial charge >= 0.3 is 5.97 Å². The Hall–Kier alpha value is -0.830. The number of fused-ring (bicyclic) bond motifs is 2. The van der Waals surface area contributed by atoms with Crippen LogP contribution in [0.5, 0.6) is 0 Å². The van der Waals surface area contributed by atoms with Crippen molar-refractivity contribution < 1.29 is 14.6 Å². The molecule has 3 heteroatoms. The van der Waals surface area contributed by atoms with Crippen LogP contribution in [-0.4, -0.2) is 23.3 Å². The first-order valence-corrected chi connectivity index (χ1v) is 9.25. The van der Waals surface area contributed by atoms with Crippen LogP contribution < -0.4 is 0 Å². The van der Waals surface area contributed by atoms with Gasteiger partial charge in [0.15, 0.2) is 0 Å². The van der Waals surface area contributed by atoms with E-state index in [9.17, 15) is 9.90 Å². The van der Waals surface area contributed by atoms with Crippen molar-refractivity contribution in [3.8, 4) is 0 Å². The van der Waals surface area contributed by atoms with Gasteiger partial charge in [-0.05, 0) is 67.8 Å². The summed E-state index contributed by atoms with van der Waals surface area (Å²) in [7, 11) is 0. The smallest absolute Gasteiger partial charge is 0.306 e. The molecule has 6 atom stereocenters. The van der Waals surface area contributed by atoms with Gasteiger partial charge in [0, 0.05) is 11.8 Å². The maximum Gasteiger partial charge on any atom is 0.306 e. The molecule has 0 aromatic rings. The molecule has 1 N–H and O–H groups in total. The van der Waals surface area contributed by atoms with Gasteiger partial charge < -0.3 is 9.84 Å². The zero-order chi connectivity index (χ0) is 16.6. The highest BCUT2D eigenvalue weighted by Gasteiger charge is 2.66. The summed E-state index contributed by atoms with van der Waals surface area (Å²) < 4.78 is 5.77. The van der Waals surface area contributed by atoms with E-state index in [2.05, 4.69) is 33.8 Å². The van der Waals surface area contributed by atoms with Gasteiger partial charge in [-0.1, -0.05) is 26.3 Å². The van der Waals surface area contributed by atoms with Crippen molar-refractivity contribution in [3.63, 3.8) is 0 Å². The molecule has 0 amide bonds. The highest BCUT2D eigenvalue weighted by atomic mass is 16.5. The largest absolute Gasteiger partial charge is 0.457 e. The van der Waals surface area contributed by atoms with E-state index >= 15 is 0 Å². The number of carbonyl (C=O) groups is 1. The molecule has 128 valence electrons. The average molecular weight is 318 g/mol. The summed E-state index contributed by atoms with van der Waals surface area (Å²) in [6, 6.07) is 0. The molecule has 0 aromatic carbocycles. The summed E-state index contributed by atoms with van der Waals surface area (Å²) in [5, 5.41) is 10.6. The summed E-state index contributed by atoms with van der Waals surface area (Å²) >= 11 is 0. The summed E-state index contributed by atoms with van der Waals surface area (Å²) in [6.07, 6.45) is 7.79. The molecule has 3 aliphatic carbocycles. The fourth-order valence-electron chi connectivity index (χ4n) is 7.04. The molecule has 0 radical (unpaired) electrons. The summed E-state index contributed by atoms with van der Waals surface area (Å²) in [5.74, 6) is 0.856. The lowest BCUT2D eigenvalue weighted by Gasteiger charge is -2.65. The molecule has 2 saturated carbocycles. The number of esters is 1. The molecule has 3 nitrogen and oxygen atoms in total. The van der Waals surface area contributed by atoms with Crippen LogP contribution in [0.2, 0.25) is 0 Å². The molecule has 1 spiro atoms. The SMILES string of the molecule is CC1=C[C@@H]2OC(=O)C[C@H]3[C@]4(C)CC[C@H](O)C(C)(C)[C@H]4CC[C@@]23C1. The standard InChI is InChI=1S/C20H30O3/c1-12-9-16-20(11-12)8-5-13-18(2,3)15(21)6-7-19(13,4)14(20)10-17(22)23-16/h9,13-16,21H,5-8,10-11H2,1-4H3/t13-,14+,15+,16+,19-,20+/m1/s1. The fraction of sp³-hybridized carbons (Fsp3) is 0.850. The van der Waals surface area contributed by atoms with Gasteiger partial charge in [-0.3, -0.25) is 4.79 Å². The van der Waals surface area contributed by atoms with E-state index in [1.54, 1.807) is 0 Å². The molecular formula is C20H30O3. The fourth-order valence-corrected chi connectivity index (χ4v) is 7.04. The van der Waals surface area contributed by atoms with Crippen LogP contribution in [0.3, 0.4) is 0 Å². The van der Waals surface area contributed by atoms with Gasteiger partial charge in [0.2, 0.25) is 0 Å². The van der Waals surface area contributed by atoms with Crippen molar-refractivity contribution in [2.75, 3.05) is 0 Å². The van der Waals surface area contributed by atoms with Crippen LogP contribution >= 0.6 is 0 Å². The van der Waals surface area contributed by atoms with Gasteiger partial charge in [0.25, 0.3) is 0 Å². The quantitative estimate of drug-likeness (QED) is 0.545. The second-order valence-electron chi connectivity index (χ2n) is 9.56. The highest BCUT2D eigenvalue weighted by molar-refractivity contribution is 5.72. The number of rotatable bonds is 0. The van der Waals surface area contributed by atoms with Crippen molar-refractivity contribution in [1.82, 2.24) is 0 Å². The molecular weight excluding hydrogens is 288 g/mol. The van der Waals surface area contributed by atoms with Crippen LogP contribution in [0.4, 0.5) is 0 Å². The minimum atomic E-state index is -0.218. The molecule has 23 heavy (non-hydrogen) atoms. The first kappa shape index (κ1) is 15.7. The third kappa shape index (κ3) is 1.89. The van der Waals surface area contributed by atoms with Gasteiger partial charge in [0.1, 0.15) is 6.10 Å². The molecule has 4 rings (SSSR count). The molecule has 1 saturated heterocycles. The van der Waals surface area contributed by atoms with Gasteiger partial charge in [-0.25, -0.2) is 0 Å². The molecule has 4 aliphatic rings. The summed E-state index contributed by atoms with van der Waals surface area (Å²) in [4.78, 5) is 12.3. The lowest BCUT2D eigenvalue weighted by Crippen LogP contribution is -2.63. The minimum Gasteiger partial charge on any atom is -0.457 e. The molecule has 0 aromatic heterocycles. The first-order valence-electron chi connectivity index (χ1n) is 9.25. The van der Waals surface area contributed by atoms with Crippen LogP contribution in [-0.2, 0) is 9.53 Å². The average Bonchev–Trinajstić information content (AvgIpc) is 2.77. The Morgan fingerprint density at radius 1 is 1.17 bits per heavy atom. The van der Waals surface area contributed by atoms with E-state index in [1.807, 2.05) is 0 Å². The van der Waals surface area contributed by atoms with Crippen molar-refractivity contribution in [1.29, 1.82) is 0 Å². The number of aliphatic hydroxyl groups excluding tert-OH is 1. The number of aliphatic hydroxyl groups is 1. The maximum absolute atomic E-state index is 12.3. The van der Waals surface area contributed by atoms with E-state index in [-0.39, 0.29) is 34.4 Å². The normalized spacial score (nSPS) is 51.2. The van der Waals surface area contributed by atoms with Crippen molar-refractivity contribution in [2.24, 2.45) is 28.1 Å². The van der Waals surface area contributed by atoms with E-state index in [4.69, 9.17) is 4.74 Å². The molecule has 1 heterocycles. The minimum absolute atomic E-state index is 0.0125. The van der Waals surface area contributed by atoms with E-state index in [0.717, 1.165) is 32.1 Å². The van der Waals surface area contributed by atoms with Crippen LogP contribution in [0.25, 0.3) is 0 Å². The topological polar surface area (TPSA) is 46.5 Å². The van der Waals surface area contributed by atoms with Gasteiger partial charge in [-0.15, -0.1) is 0 Å². The van der Waals surface area contributed by atoms with Crippen LogP contribution in [0.15, 0.2) is 11.6 Å². The van der Waals surface area contributed by atoms with Gasteiger partial charge in [-0.2, -0.15) is 0 Å². The number of hydrogen-bond donors (Lipinski definition) is 1. The Balaban J connectivity index is 1.78. The Morgan fingerprint density at radius 3 is 2.65 bits per heavy atom. The Kier molecular flexibility index (Phi) is 3.15. The third-order valence-corrected chi connectivity index (χ3v) is 8.14. The zero-order valence-corrected chi connectivity index (χ0v) is 14.9. The Morgan fingerprint density at radius 2 is 1.91 bits per heavy atom. The second kappa shape index (κ2) is 4.62. The van der Waals surface area contributed by atoms with Crippen LogP contribution in [0.1, 0.15) is 66.2 Å². The molecule has 0 unspecified atom stereocenters. The van der Waals surface area contributed by atoms with Crippen LogP contribution in [0, 0.1) is 28.1 Å². The number of carbonyl (C=O) groups excluding carboxylic acids is 1. The van der Waals surface area contributed by atoms with E-state index in [1.165, 1.54) is 5.57 Å². The Labute approximate surface area is 139 Å². The molecule has 1 aliphatic heterocycles. The number of ether oxygens (including phenoxy) is 1. The van der Waals surface area contributed by atoms with Gasteiger partial charge in [0.05, 0.1) is 6.10 Å². The first-order chi connectivity index (χ1) is 10.7. The predicted molar refractivity (Wildman–Crippen MR) is 88.6 cm³/mol. The third-order valence-electron chi connectivity index (χ3n) is 8.14. The van der Waals surface area contributed by atoms with Crippen molar-refractivity contribution in [3.05, 3.63) is 11.6 Å². The van der Waals surface area contributed by atoms with E-state index in [0.29, 0.717) is 18.3 Å². The second-order valence-corrected chi connectivity index (χ2v) is 9.56. The number of allylic oxidation sites excluding steroid dienone is 1. The predicted octanol–water partition coefficient (Wildman–Crippen LogP) is 3.85. The highest BCUT2D eigenvalue weighted by Crippen LogP contribution is 2.69. The van der Waals surface area contributed by atoms with Crippen molar-refractivity contribution >= 4 is 5.97 Å². The summed E-state index contributed by atoms with van der Waals surface area (Å²) in [5.41, 5.74) is 1.58. The molecule has 3 fully saturated rings. The summed E-state index contributed by atoms with van der Waals surface area (Å²) in [6.45, 7) is 9.05. The Bertz CT molecular complexity index is 577. The van der Waals surface area contributed by atoms with E-state index < -0.39 is 0 Å². The maximum atomic E-state index is 12.3.